The summed E-state index contributed by atoms with van der Waals surface area (Å²) in [5.74, 6) is -3.69. The van der Waals surface area contributed by atoms with Gasteiger partial charge < -0.3 is 13.8 Å². The summed E-state index contributed by atoms with van der Waals surface area (Å²) in [5.41, 5.74) is -0.656. The molecule has 122 valence electrons. The molecule has 0 spiro atoms. The number of hydrogen-bond acceptors (Lipinski definition) is 5. The van der Waals surface area contributed by atoms with Gasteiger partial charge in [0.2, 0.25) is 0 Å². The van der Waals surface area contributed by atoms with Crippen LogP contribution < -0.4 is 0 Å². The van der Waals surface area contributed by atoms with Gasteiger partial charge in [-0.2, -0.15) is 17.2 Å². The number of ether oxygens (including phenoxy) is 1. The summed E-state index contributed by atoms with van der Waals surface area (Å²) in [6.07, 6.45) is 0.783. The van der Waals surface area contributed by atoms with E-state index < -0.39 is 33.6 Å². The Bertz CT molecular complexity index is 524. The molecule has 21 heavy (non-hydrogen) atoms. The van der Waals surface area contributed by atoms with E-state index in [2.05, 4.69) is 4.18 Å². The van der Waals surface area contributed by atoms with Crippen molar-refractivity contribution in [1.29, 1.82) is 0 Å². The fourth-order valence-electron chi connectivity index (χ4n) is 1.71. The Kier molecular flexibility index (Phi) is 5.19. The van der Waals surface area contributed by atoms with Gasteiger partial charge in [0.1, 0.15) is 11.4 Å². The number of hydrogen-bond donors (Lipinski definition) is 0. The van der Waals surface area contributed by atoms with Gasteiger partial charge in [-0.25, -0.2) is 4.79 Å². The van der Waals surface area contributed by atoms with E-state index in [1.807, 2.05) is 0 Å². The molecule has 1 rings (SSSR count). The van der Waals surface area contributed by atoms with Crippen molar-refractivity contribution in [2.24, 2.45) is 0 Å². The van der Waals surface area contributed by atoms with E-state index in [0.29, 0.717) is 0 Å². The van der Waals surface area contributed by atoms with Crippen LogP contribution in [-0.4, -0.2) is 43.4 Å². The van der Waals surface area contributed by atoms with Crippen LogP contribution in [0.4, 0.5) is 13.6 Å². The minimum absolute atomic E-state index is 0.0233. The average Bonchev–Trinajstić information content (AvgIpc) is 2.25. The highest BCUT2D eigenvalue weighted by molar-refractivity contribution is 7.87. The van der Waals surface area contributed by atoms with Crippen molar-refractivity contribution in [2.75, 3.05) is 6.54 Å². The number of carbonyl (C=O) groups excluding carboxylic acids is 1. The van der Waals surface area contributed by atoms with Crippen molar-refractivity contribution in [1.82, 2.24) is 4.90 Å². The first kappa shape index (κ1) is 17.7. The average molecular weight is 327 g/mol. The minimum atomic E-state index is -4.92. The molecule has 0 saturated carbocycles. The van der Waals surface area contributed by atoms with Crippen molar-refractivity contribution in [3.05, 3.63) is 11.8 Å². The third-order valence-electron chi connectivity index (χ3n) is 2.59. The maximum absolute atomic E-state index is 12.2. The lowest BCUT2D eigenvalue weighted by Crippen LogP contribution is -2.44. The van der Waals surface area contributed by atoms with Gasteiger partial charge in [0.25, 0.3) is 0 Å². The maximum atomic E-state index is 12.2. The fraction of sp³-hybridized carbons (Fsp3) is 0.750. The molecule has 0 aromatic rings. The number of alkyl halides is 2. The van der Waals surface area contributed by atoms with Crippen LogP contribution in [-0.2, 0) is 19.0 Å². The van der Waals surface area contributed by atoms with E-state index in [1.54, 1.807) is 27.7 Å². The van der Waals surface area contributed by atoms with Crippen LogP contribution in [0.25, 0.3) is 0 Å². The predicted molar refractivity (Wildman–Crippen MR) is 71.1 cm³/mol. The van der Waals surface area contributed by atoms with Crippen molar-refractivity contribution in [3.63, 3.8) is 0 Å². The van der Waals surface area contributed by atoms with Gasteiger partial charge in [-0.3, -0.25) is 0 Å². The van der Waals surface area contributed by atoms with Gasteiger partial charge in [0.15, 0.2) is 0 Å². The molecule has 1 aliphatic heterocycles. The highest BCUT2D eigenvalue weighted by Crippen LogP contribution is 2.23. The maximum Gasteiger partial charge on any atom is 0.410 e. The molecule has 0 N–H and O–H groups in total. The zero-order chi connectivity index (χ0) is 16.4. The van der Waals surface area contributed by atoms with Crippen LogP contribution in [0.1, 0.15) is 34.1 Å². The predicted octanol–water partition coefficient (Wildman–Crippen LogP) is 2.47. The van der Waals surface area contributed by atoms with Gasteiger partial charge in [0.05, 0.1) is 6.04 Å². The summed E-state index contributed by atoms with van der Waals surface area (Å²) in [6, 6.07) is -0.517. The number of amides is 1. The largest absolute Gasteiger partial charge is 0.444 e. The number of carbonyl (C=O) groups is 1. The lowest BCUT2D eigenvalue weighted by atomic mass is 10.1. The third kappa shape index (κ3) is 5.14. The first-order valence-electron chi connectivity index (χ1n) is 6.34. The van der Waals surface area contributed by atoms with Crippen LogP contribution in [0, 0.1) is 0 Å². The molecule has 1 amide bonds. The molecular formula is C12H19F2NO5S. The molecule has 0 saturated heterocycles. The highest BCUT2D eigenvalue weighted by Gasteiger charge is 2.32. The zero-order valence-corrected chi connectivity index (χ0v) is 13.1. The van der Waals surface area contributed by atoms with E-state index in [-0.39, 0.29) is 18.7 Å². The van der Waals surface area contributed by atoms with Crippen LogP contribution in [0.15, 0.2) is 11.8 Å². The van der Waals surface area contributed by atoms with Gasteiger partial charge in [-0.15, -0.1) is 0 Å². The fourth-order valence-corrected chi connectivity index (χ4v) is 2.22. The lowest BCUT2D eigenvalue weighted by Gasteiger charge is -2.33. The molecular weight excluding hydrogens is 308 g/mol. The molecule has 9 heteroatoms. The first-order valence-corrected chi connectivity index (χ1v) is 7.81. The Hall–Kier alpha value is -1.38. The van der Waals surface area contributed by atoms with Crippen LogP contribution >= 0.6 is 0 Å². The van der Waals surface area contributed by atoms with E-state index in [4.69, 9.17) is 4.74 Å². The van der Waals surface area contributed by atoms with Gasteiger partial charge in [-0.1, -0.05) is 0 Å². The Morgan fingerprint density at radius 1 is 1.43 bits per heavy atom. The van der Waals surface area contributed by atoms with Gasteiger partial charge >= 0.3 is 22.0 Å². The molecule has 0 fully saturated rings. The topological polar surface area (TPSA) is 72.9 Å². The van der Waals surface area contributed by atoms with Crippen molar-refractivity contribution < 1.29 is 30.9 Å². The number of rotatable bonds is 3. The molecule has 1 atom stereocenters. The van der Waals surface area contributed by atoms with Gasteiger partial charge in [0, 0.05) is 13.0 Å². The first-order chi connectivity index (χ1) is 9.42. The second-order valence-electron chi connectivity index (χ2n) is 5.63. The second-order valence-corrected chi connectivity index (χ2v) is 7.14. The van der Waals surface area contributed by atoms with Crippen molar-refractivity contribution in [2.45, 2.75) is 51.5 Å². The molecule has 0 aliphatic carbocycles. The van der Waals surface area contributed by atoms with Crippen LogP contribution in [0.2, 0.25) is 0 Å². The SMILES string of the molecule is CC1C=C(OS(=O)(=O)C(F)F)CCN1C(=O)OC(C)(C)C. The summed E-state index contributed by atoms with van der Waals surface area (Å²) in [6.45, 7) is 6.90. The summed E-state index contributed by atoms with van der Waals surface area (Å²) in [4.78, 5) is 13.3. The molecule has 1 aliphatic rings. The third-order valence-corrected chi connectivity index (χ3v) is 3.47. The molecule has 0 bridgehead atoms. The second kappa shape index (κ2) is 6.17. The minimum Gasteiger partial charge on any atom is -0.444 e. The number of halogens is 2. The Balaban J connectivity index is 2.75. The standard InChI is InChI=1S/C12H19F2NO5S/c1-8-7-9(20-21(17,18)10(13)14)5-6-15(8)11(16)19-12(2,3)4/h7-8,10H,5-6H2,1-4H3. The Morgan fingerprint density at radius 2 is 2.00 bits per heavy atom. The molecule has 0 aromatic carbocycles. The zero-order valence-electron chi connectivity index (χ0n) is 12.3. The quantitative estimate of drug-likeness (QED) is 0.745. The highest BCUT2D eigenvalue weighted by atomic mass is 32.2. The molecule has 6 nitrogen and oxygen atoms in total. The normalized spacial score (nSPS) is 20.2. The smallest absolute Gasteiger partial charge is 0.410 e. The monoisotopic (exact) mass is 327 g/mol. The van der Waals surface area contributed by atoms with Crippen LogP contribution in [0.3, 0.4) is 0 Å². The summed E-state index contributed by atoms with van der Waals surface area (Å²) >= 11 is 0. The van der Waals surface area contributed by atoms with E-state index >= 15 is 0 Å². The molecule has 0 radical (unpaired) electrons. The molecule has 0 aromatic heterocycles. The van der Waals surface area contributed by atoms with Crippen molar-refractivity contribution >= 4 is 16.2 Å². The van der Waals surface area contributed by atoms with E-state index in [0.717, 1.165) is 0 Å². The van der Waals surface area contributed by atoms with E-state index in [1.165, 1.54) is 11.0 Å². The number of nitrogens with zero attached hydrogens (tertiary/aromatic N) is 1. The van der Waals surface area contributed by atoms with Crippen LogP contribution in [0.5, 0.6) is 0 Å². The molecule has 1 heterocycles. The Morgan fingerprint density at radius 3 is 2.43 bits per heavy atom. The Labute approximate surface area is 122 Å². The lowest BCUT2D eigenvalue weighted by molar-refractivity contribution is 0.0193. The van der Waals surface area contributed by atoms with Crippen molar-refractivity contribution in [3.8, 4) is 0 Å². The van der Waals surface area contributed by atoms with E-state index in [9.17, 15) is 22.0 Å². The summed E-state index contributed by atoms with van der Waals surface area (Å²) in [7, 11) is -4.92. The summed E-state index contributed by atoms with van der Waals surface area (Å²) in [5, 5.41) is 0. The van der Waals surface area contributed by atoms with Gasteiger partial charge in [-0.05, 0) is 33.8 Å². The molecule has 1 unspecified atom stereocenters. The summed E-state index contributed by atoms with van der Waals surface area (Å²) < 4.78 is 56.0.